The predicted molar refractivity (Wildman–Crippen MR) is 75.3 cm³/mol. The van der Waals surface area contributed by atoms with Crippen molar-refractivity contribution in [1.82, 2.24) is 0 Å². The van der Waals surface area contributed by atoms with E-state index in [9.17, 15) is 4.39 Å². The summed E-state index contributed by atoms with van der Waals surface area (Å²) >= 11 is 1.72. The van der Waals surface area contributed by atoms with Gasteiger partial charge in [-0.2, -0.15) is 11.3 Å². The molecule has 0 aliphatic rings. The number of hydrogen-bond acceptors (Lipinski definition) is 2. The van der Waals surface area contributed by atoms with Gasteiger partial charge in [-0.1, -0.05) is 12.1 Å². The Kier molecular flexibility index (Phi) is 4.90. The second kappa shape index (κ2) is 6.66. The molecule has 1 nitrogen and oxygen atoms in total. The molecule has 0 saturated carbocycles. The van der Waals surface area contributed by atoms with Crippen LogP contribution in [0.15, 0.2) is 41.1 Å². The molecule has 1 aromatic carbocycles. The van der Waals surface area contributed by atoms with Crippen molar-refractivity contribution < 1.29 is 4.39 Å². The summed E-state index contributed by atoms with van der Waals surface area (Å²) in [6, 6.07) is 8.97. The standard InChI is InChI=1S/C15H18FNS/c16-15-3-1-2-13(9-15)8-14(10-17)5-4-12-6-7-18-11-12/h1-3,6-7,9,11,14H,4-5,8,10,17H2. The highest BCUT2D eigenvalue weighted by Gasteiger charge is 2.09. The number of benzene rings is 1. The molecular weight excluding hydrogens is 245 g/mol. The van der Waals surface area contributed by atoms with Crippen LogP contribution >= 0.6 is 11.3 Å². The highest BCUT2D eigenvalue weighted by molar-refractivity contribution is 7.07. The first-order valence-corrected chi connectivity index (χ1v) is 7.18. The Morgan fingerprint density at radius 1 is 1.22 bits per heavy atom. The maximum absolute atomic E-state index is 13.1. The fourth-order valence-corrected chi connectivity index (χ4v) is 2.81. The van der Waals surface area contributed by atoms with Crippen molar-refractivity contribution in [3.63, 3.8) is 0 Å². The van der Waals surface area contributed by atoms with E-state index in [0.29, 0.717) is 12.5 Å². The molecule has 2 rings (SSSR count). The lowest BCUT2D eigenvalue weighted by atomic mass is 9.93. The molecule has 0 radical (unpaired) electrons. The maximum Gasteiger partial charge on any atom is 0.123 e. The van der Waals surface area contributed by atoms with E-state index in [2.05, 4.69) is 16.8 Å². The molecule has 0 saturated heterocycles. The number of nitrogens with two attached hydrogens (primary N) is 1. The lowest BCUT2D eigenvalue weighted by Gasteiger charge is -2.14. The summed E-state index contributed by atoms with van der Waals surface area (Å²) in [5, 5.41) is 4.27. The smallest absolute Gasteiger partial charge is 0.123 e. The van der Waals surface area contributed by atoms with Crippen molar-refractivity contribution in [3.05, 3.63) is 58.0 Å². The summed E-state index contributed by atoms with van der Waals surface area (Å²) in [6.45, 7) is 0.653. The SMILES string of the molecule is NCC(CCc1ccsc1)Cc1cccc(F)c1. The largest absolute Gasteiger partial charge is 0.330 e. The fraction of sp³-hybridized carbons (Fsp3) is 0.333. The average molecular weight is 263 g/mol. The second-order valence-corrected chi connectivity index (χ2v) is 5.39. The minimum atomic E-state index is -0.166. The summed E-state index contributed by atoms with van der Waals surface area (Å²) in [4.78, 5) is 0. The molecule has 0 spiro atoms. The molecule has 3 heteroatoms. The van der Waals surface area contributed by atoms with Crippen LogP contribution in [0.5, 0.6) is 0 Å². The summed E-state index contributed by atoms with van der Waals surface area (Å²) in [6.07, 6.45) is 2.98. The van der Waals surface area contributed by atoms with Gasteiger partial charge in [-0.25, -0.2) is 4.39 Å². The lowest BCUT2D eigenvalue weighted by Crippen LogP contribution is -2.17. The van der Waals surface area contributed by atoms with Crippen molar-refractivity contribution in [2.24, 2.45) is 11.7 Å². The molecule has 1 atom stereocenters. The van der Waals surface area contributed by atoms with Crippen LogP contribution < -0.4 is 5.73 Å². The topological polar surface area (TPSA) is 26.0 Å². The monoisotopic (exact) mass is 263 g/mol. The fourth-order valence-electron chi connectivity index (χ4n) is 2.11. The molecule has 0 fully saturated rings. The van der Waals surface area contributed by atoms with Gasteiger partial charge in [-0.05, 0) is 71.8 Å². The van der Waals surface area contributed by atoms with Gasteiger partial charge in [0, 0.05) is 0 Å². The molecule has 0 aliphatic carbocycles. The summed E-state index contributed by atoms with van der Waals surface area (Å²) < 4.78 is 13.1. The van der Waals surface area contributed by atoms with E-state index in [1.165, 1.54) is 11.6 Å². The molecule has 0 bridgehead atoms. The van der Waals surface area contributed by atoms with Crippen LogP contribution in [0.3, 0.4) is 0 Å². The third-order valence-electron chi connectivity index (χ3n) is 3.17. The molecule has 2 N–H and O–H groups in total. The van der Waals surface area contributed by atoms with Crippen LogP contribution in [-0.4, -0.2) is 6.54 Å². The van der Waals surface area contributed by atoms with E-state index in [1.54, 1.807) is 23.5 Å². The van der Waals surface area contributed by atoms with Gasteiger partial charge in [0.2, 0.25) is 0 Å². The van der Waals surface area contributed by atoms with Crippen molar-refractivity contribution in [2.45, 2.75) is 19.3 Å². The van der Waals surface area contributed by atoms with E-state index in [-0.39, 0.29) is 5.82 Å². The van der Waals surface area contributed by atoms with Crippen LogP contribution in [0.4, 0.5) is 4.39 Å². The van der Waals surface area contributed by atoms with Crippen LogP contribution in [0, 0.1) is 11.7 Å². The van der Waals surface area contributed by atoms with Crippen molar-refractivity contribution >= 4 is 11.3 Å². The van der Waals surface area contributed by atoms with Gasteiger partial charge in [-0.3, -0.25) is 0 Å². The zero-order valence-corrected chi connectivity index (χ0v) is 11.1. The summed E-state index contributed by atoms with van der Waals surface area (Å²) in [7, 11) is 0. The van der Waals surface area contributed by atoms with Crippen molar-refractivity contribution in [2.75, 3.05) is 6.54 Å². The van der Waals surface area contributed by atoms with Crippen LogP contribution in [0.25, 0.3) is 0 Å². The Morgan fingerprint density at radius 2 is 2.11 bits per heavy atom. The minimum Gasteiger partial charge on any atom is -0.330 e. The zero-order valence-electron chi connectivity index (χ0n) is 10.3. The first kappa shape index (κ1) is 13.2. The van der Waals surface area contributed by atoms with Gasteiger partial charge in [0.15, 0.2) is 0 Å². The molecule has 96 valence electrons. The third-order valence-corrected chi connectivity index (χ3v) is 3.90. The Morgan fingerprint density at radius 3 is 2.78 bits per heavy atom. The van der Waals surface area contributed by atoms with Gasteiger partial charge in [0.25, 0.3) is 0 Å². The van der Waals surface area contributed by atoms with Gasteiger partial charge >= 0.3 is 0 Å². The Labute approximate surface area is 111 Å². The van der Waals surface area contributed by atoms with E-state index >= 15 is 0 Å². The molecule has 2 aromatic rings. The third kappa shape index (κ3) is 3.93. The number of thiophene rings is 1. The number of aryl methyl sites for hydroxylation is 1. The number of rotatable bonds is 6. The normalized spacial score (nSPS) is 12.6. The van der Waals surface area contributed by atoms with E-state index in [1.807, 2.05) is 6.07 Å². The molecule has 0 aliphatic heterocycles. The van der Waals surface area contributed by atoms with Gasteiger partial charge in [0.05, 0.1) is 0 Å². The van der Waals surface area contributed by atoms with Crippen LogP contribution in [0.1, 0.15) is 17.5 Å². The second-order valence-electron chi connectivity index (χ2n) is 4.61. The van der Waals surface area contributed by atoms with Crippen molar-refractivity contribution in [3.8, 4) is 0 Å². The van der Waals surface area contributed by atoms with Gasteiger partial charge in [-0.15, -0.1) is 0 Å². The summed E-state index contributed by atoms with van der Waals surface area (Å²) in [5.41, 5.74) is 8.22. The van der Waals surface area contributed by atoms with E-state index < -0.39 is 0 Å². The van der Waals surface area contributed by atoms with Gasteiger partial charge in [0.1, 0.15) is 5.82 Å². The zero-order chi connectivity index (χ0) is 12.8. The quantitative estimate of drug-likeness (QED) is 0.846. The highest BCUT2D eigenvalue weighted by atomic mass is 32.1. The molecule has 1 aromatic heterocycles. The van der Waals surface area contributed by atoms with Gasteiger partial charge < -0.3 is 5.73 Å². The van der Waals surface area contributed by atoms with Crippen LogP contribution in [0.2, 0.25) is 0 Å². The molecule has 1 heterocycles. The summed E-state index contributed by atoms with van der Waals surface area (Å²) in [5.74, 6) is 0.257. The Hall–Kier alpha value is -1.19. The maximum atomic E-state index is 13.1. The molecule has 0 amide bonds. The molecule has 1 unspecified atom stereocenters. The first-order valence-electron chi connectivity index (χ1n) is 6.23. The number of halogens is 1. The van der Waals surface area contributed by atoms with E-state index in [0.717, 1.165) is 24.8 Å². The Balaban J connectivity index is 1.89. The molecular formula is C15H18FNS. The number of hydrogen-bond donors (Lipinski definition) is 1. The van der Waals surface area contributed by atoms with Crippen molar-refractivity contribution in [1.29, 1.82) is 0 Å². The minimum absolute atomic E-state index is 0.166. The van der Waals surface area contributed by atoms with E-state index in [4.69, 9.17) is 5.73 Å². The first-order chi connectivity index (χ1) is 8.78. The van der Waals surface area contributed by atoms with Crippen LogP contribution in [-0.2, 0) is 12.8 Å². The average Bonchev–Trinajstić information content (AvgIpc) is 2.87. The highest BCUT2D eigenvalue weighted by Crippen LogP contribution is 2.16. The lowest BCUT2D eigenvalue weighted by molar-refractivity contribution is 0.493. The molecule has 18 heavy (non-hydrogen) atoms. The Bertz CT molecular complexity index is 467. The predicted octanol–water partition coefficient (Wildman–Crippen LogP) is 3.64.